The van der Waals surface area contributed by atoms with Crippen molar-refractivity contribution in [1.29, 1.82) is 0 Å². The fourth-order valence-electron chi connectivity index (χ4n) is 4.29. The summed E-state index contributed by atoms with van der Waals surface area (Å²) < 4.78 is 56.2. The van der Waals surface area contributed by atoms with Gasteiger partial charge < -0.3 is 15.3 Å². The molecule has 1 aliphatic heterocycles. The fraction of sp³-hybridized carbons (Fsp3) is 0.320. The third-order valence-corrected chi connectivity index (χ3v) is 6.60. The predicted octanol–water partition coefficient (Wildman–Crippen LogP) is 2.10. The van der Waals surface area contributed by atoms with Crippen molar-refractivity contribution in [3.8, 4) is 17.1 Å². The van der Waals surface area contributed by atoms with Crippen LogP contribution in [0, 0.1) is 5.82 Å². The van der Waals surface area contributed by atoms with Gasteiger partial charge >= 0.3 is 11.9 Å². The van der Waals surface area contributed by atoms with E-state index in [9.17, 15) is 32.3 Å². The lowest BCUT2D eigenvalue weighted by molar-refractivity contribution is -0.207. The summed E-state index contributed by atoms with van der Waals surface area (Å²) in [5.74, 6) is -1.41. The lowest BCUT2D eigenvalue weighted by Crippen LogP contribution is -2.47. The Hall–Kier alpha value is -4.08. The number of alkyl halides is 3. The number of amides is 1. The Labute approximate surface area is 234 Å². The second-order valence-corrected chi connectivity index (χ2v) is 9.66. The third-order valence-electron chi connectivity index (χ3n) is 6.35. The number of halogens is 5. The highest BCUT2D eigenvalue weighted by Crippen LogP contribution is 2.24. The Balaban J connectivity index is 1.56. The molecule has 2 aromatic heterocycles. The molecule has 1 fully saturated rings. The number of piperazine rings is 1. The first-order chi connectivity index (χ1) is 19.5. The van der Waals surface area contributed by atoms with E-state index in [0.717, 1.165) is 15.4 Å². The van der Waals surface area contributed by atoms with Gasteiger partial charge in [-0.25, -0.2) is 23.5 Å². The molecule has 1 amide bonds. The van der Waals surface area contributed by atoms with Gasteiger partial charge in [-0.2, -0.15) is 13.2 Å². The van der Waals surface area contributed by atoms with Crippen LogP contribution in [0.4, 0.5) is 17.6 Å². The van der Waals surface area contributed by atoms with E-state index in [-0.39, 0.29) is 28.7 Å². The number of nitrogens with one attached hydrogen (secondary N) is 1. The third kappa shape index (κ3) is 6.16. The summed E-state index contributed by atoms with van der Waals surface area (Å²) in [7, 11) is 0. The van der Waals surface area contributed by atoms with Crippen LogP contribution >= 0.6 is 11.6 Å². The molecule has 1 aliphatic rings. The lowest BCUT2D eigenvalue weighted by atomic mass is 10.2. The number of nitrogens with zero attached hydrogens (tertiary/aromatic N) is 7. The van der Waals surface area contributed by atoms with Gasteiger partial charge in [0.25, 0.3) is 5.91 Å². The highest BCUT2D eigenvalue weighted by Gasteiger charge is 2.39. The van der Waals surface area contributed by atoms with Crippen molar-refractivity contribution in [2.75, 3.05) is 26.2 Å². The summed E-state index contributed by atoms with van der Waals surface area (Å²) in [6.45, 7) is 0.393. The molecule has 41 heavy (non-hydrogen) atoms. The van der Waals surface area contributed by atoms with E-state index in [1.54, 1.807) is 4.90 Å². The zero-order valence-electron chi connectivity index (χ0n) is 21.2. The highest BCUT2D eigenvalue weighted by atomic mass is 35.5. The number of hydrogen-bond acceptors (Lipinski definition) is 7. The van der Waals surface area contributed by atoms with Crippen LogP contribution in [0.15, 0.2) is 53.3 Å². The Morgan fingerprint density at radius 1 is 1.10 bits per heavy atom. The summed E-state index contributed by atoms with van der Waals surface area (Å²) in [6, 6.07) is 11.2. The van der Waals surface area contributed by atoms with Gasteiger partial charge in [-0.3, -0.25) is 9.36 Å². The molecule has 16 heteroatoms. The molecule has 11 nitrogen and oxygen atoms in total. The van der Waals surface area contributed by atoms with Gasteiger partial charge in [0.2, 0.25) is 5.82 Å². The minimum atomic E-state index is -4.98. The lowest BCUT2D eigenvalue weighted by Gasteiger charge is -2.26. The van der Waals surface area contributed by atoms with Crippen LogP contribution in [-0.2, 0) is 13.1 Å². The van der Waals surface area contributed by atoms with E-state index in [1.165, 1.54) is 42.5 Å². The molecule has 1 saturated heterocycles. The molecular weight excluding hydrogens is 572 g/mol. The Bertz CT molecular complexity index is 1610. The Morgan fingerprint density at radius 2 is 1.80 bits per heavy atom. The molecule has 4 aromatic rings. The summed E-state index contributed by atoms with van der Waals surface area (Å²) in [5, 5.41) is 21.7. The van der Waals surface area contributed by atoms with Crippen LogP contribution in [0.1, 0.15) is 16.4 Å². The van der Waals surface area contributed by atoms with Crippen molar-refractivity contribution < 1.29 is 27.5 Å². The molecular formula is C25H23ClF4N8O3. The summed E-state index contributed by atoms with van der Waals surface area (Å²) in [4.78, 5) is 32.5. The van der Waals surface area contributed by atoms with E-state index in [0.29, 0.717) is 35.8 Å². The smallest absolute Gasteiger partial charge is 0.382 e. The molecule has 2 N–H and O–H groups in total. The van der Waals surface area contributed by atoms with Crippen molar-refractivity contribution in [2.24, 2.45) is 0 Å². The number of aliphatic hydroxyl groups is 1. The van der Waals surface area contributed by atoms with Crippen LogP contribution in [0.2, 0.25) is 5.02 Å². The maximum Gasteiger partial charge on any atom is 0.416 e. The molecule has 0 bridgehead atoms. The Kier molecular flexibility index (Phi) is 7.93. The number of benzene rings is 2. The van der Waals surface area contributed by atoms with E-state index < -0.39 is 42.8 Å². The number of rotatable bonds is 7. The molecule has 1 atom stereocenters. The van der Waals surface area contributed by atoms with Crippen LogP contribution in [0.25, 0.3) is 17.1 Å². The van der Waals surface area contributed by atoms with Gasteiger partial charge in [-0.05, 0) is 42.5 Å². The standard InChI is InChI=1S/C25H23ClF4N8O3/c26-16-6-4-15(5-7-16)21-34-37(24(41)36(21)13-19(39)25(28,29)30)14-20-32-22(23(40)35-10-8-31-9-11-35)38(33-20)18-3-1-2-17(27)12-18/h1-7,12,19,31,39H,8-11,13-14H2/t19-/m0/s1. The SMILES string of the molecule is O=C(c1nc(Cn2nc(-c3ccc(Cl)cc3)n(C[C@H](O)C(F)(F)F)c2=O)nn1-c1cccc(F)c1)N1CCNCC1. The topological polar surface area (TPSA) is 123 Å². The van der Waals surface area contributed by atoms with E-state index >= 15 is 0 Å². The molecule has 5 rings (SSSR count). The van der Waals surface area contributed by atoms with E-state index in [1.807, 2.05) is 0 Å². The second-order valence-electron chi connectivity index (χ2n) is 9.22. The van der Waals surface area contributed by atoms with Gasteiger partial charge in [0.1, 0.15) is 12.4 Å². The van der Waals surface area contributed by atoms with Gasteiger partial charge in [0.05, 0.1) is 12.2 Å². The normalized spacial score (nSPS) is 14.8. The van der Waals surface area contributed by atoms with E-state index in [2.05, 4.69) is 20.5 Å². The first-order valence-electron chi connectivity index (χ1n) is 12.4. The number of carbonyl (C=O) groups excluding carboxylic acids is 1. The molecule has 0 saturated carbocycles. The van der Waals surface area contributed by atoms with Crippen LogP contribution in [0.3, 0.4) is 0 Å². The zero-order valence-corrected chi connectivity index (χ0v) is 22.0. The Morgan fingerprint density at radius 3 is 2.46 bits per heavy atom. The average molecular weight is 595 g/mol. The number of aromatic nitrogens is 6. The molecule has 3 heterocycles. The summed E-state index contributed by atoms with van der Waals surface area (Å²) in [5.41, 5.74) is -0.502. The maximum absolute atomic E-state index is 14.0. The minimum Gasteiger partial charge on any atom is -0.382 e. The van der Waals surface area contributed by atoms with Crippen molar-refractivity contribution >= 4 is 17.5 Å². The predicted molar refractivity (Wildman–Crippen MR) is 138 cm³/mol. The number of carbonyl (C=O) groups is 1. The van der Waals surface area contributed by atoms with Crippen molar-refractivity contribution in [3.05, 3.63) is 81.5 Å². The molecule has 0 unspecified atom stereocenters. The second kappa shape index (κ2) is 11.4. The monoisotopic (exact) mass is 594 g/mol. The summed E-state index contributed by atoms with van der Waals surface area (Å²) >= 11 is 5.93. The van der Waals surface area contributed by atoms with Crippen LogP contribution in [0.5, 0.6) is 0 Å². The number of hydrogen-bond donors (Lipinski definition) is 2. The average Bonchev–Trinajstić information content (AvgIpc) is 3.50. The van der Waals surface area contributed by atoms with E-state index in [4.69, 9.17) is 11.6 Å². The largest absolute Gasteiger partial charge is 0.416 e. The minimum absolute atomic E-state index is 0.0708. The molecule has 216 valence electrons. The first kappa shape index (κ1) is 28.4. The zero-order chi connectivity index (χ0) is 29.3. The number of aliphatic hydroxyl groups excluding tert-OH is 1. The fourth-order valence-corrected chi connectivity index (χ4v) is 4.41. The van der Waals surface area contributed by atoms with Gasteiger partial charge in [0.15, 0.2) is 17.8 Å². The van der Waals surface area contributed by atoms with Gasteiger partial charge in [-0.1, -0.05) is 17.7 Å². The van der Waals surface area contributed by atoms with Gasteiger partial charge in [0, 0.05) is 36.8 Å². The maximum atomic E-state index is 14.0. The molecule has 0 radical (unpaired) electrons. The van der Waals surface area contributed by atoms with Crippen LogP contribution < -0.4 is 11.0 Å². The molecule has 0 aliphatic carbocycles. The van der Waals surface area contributed by atoms with Crippen molar-refractivity contribution in [1.82, 2.24) is 39.3 Å². The molecule has 0 spiro atoms. The molecule has 2 aromatic carbocycles. The van der Waals surface area contributed by atoms with Crippen molar-refractivity contribution in [2.45, 2.75) is 25.4 Å². The van der Waals surface area contributed by atoms with Gasteiger partial charge in [-0.15, -0.1) is 10.2 Å². The van der Waals surface area contributed by atoms with Crippen molar-refractivity contribution in [3.63, 3.8) is 0 Å². The highest BCUT2D eigenvalue weighted by molar-refractivity contribution is 6.30. The first-order valence-corrected chi connectivity index (χ1v) is 12.8. The van der Waals surface area contributed by atoms with Crippen LogP contribution in [-0.4, -0.2) is 83.5 Å². The summed E-state index contributed by atoms with van der Waals surface area (Å²) in [6.07, 6.45) is -7.82. The quantitative estimate of drug-likeness (QED) is 0.314.